The van der Waals surface area contributed by atoms with Crippen molar-refractivity contribution >= 4 is 29.1 Å². The van der Waals surface area contributed by atoms with Crippen LogP contribution in [-0.4, -0.2) is 35.1 Å². The lowest BCUT2D eigenvalue weighted by atomic mass is 9.99. The number of amides is 1. The molecule has 1 aromatic heterocycles. The van der Waals surface area contributed by atoms with Gasteiger partial charge >= 0.3 is 0 Å². The van der Waals surface area contributed by atoms with Crippen molar-refractivity contribution < 1.29 is 33.3 Å². The van der Waals surface area contributed by atoms with Crippen LogP contribution in [0, 0.1) is 0 Å². The Morgan fingerprint density at radius 2 is 1.97 bits per heavy atom. The third-order valence-corrected chi connectivity index (χ3v) is 5.98. The van der Waals surface area contributed by atoms with E-state index in [4.69, 9.17) is 30.2 Å². The summed E-state index contributed by atoms with van der Waals surface area (Å²) < 4.78 is 21.8. The molecule has 34 heavy (non-hydrogen) atoms. The fraction of sp³-hybridized carbons (Fsp3) is 0.200. The number of carbonyl (C=O) groups is 2. The van der Waals surface area contributed by atoms with E-state index in [9.17, 15) is 14.7 Å². The van der Waals surface area contributed by atoms with Crippen LogP contribution in [0.2, 0.25) is 5.02 Å². The van der Waals surface area contributed by atoms with Crippen molar-refractivity contribution in [3.63, 3.8) is 0 Å². The summed E-state index contributed by atoms with van der Waals surface area (Å²) in [7, 11) is 0. The second-order valence-electron chi connectivity index (χ2n) is 7.70. The molecule has 1 N–H and O–H groups in total. The first-order chi connectivity index (χ1) is 16.5. The molecule has 174 valence electrons. The Hall–Kier alpha value is -3.91. The standard InChI is InChI=1S/C25H20ClNO7/c1-2-31-15-6-7-17(26)16(11-15)23(28)21-22(19-4-3-9-32-19)27(25(30)24(21)29)12-14-5-8-18-20(10-14)34-13-33-18/h3-11,22,28H,2,12-13H2,1H3/b23-21-. The SMILES string of the molecule is CCOc1ccc(Cl)c(/C(O)=C2/C(=O)C(=O)N(Cc3ccc4c(c3)OCO4)C2c2ccco2)c1. The third-order valence-electron chi connectivity index (χ3n) is 5.65. The van der Waals surface area contributed by atoms with Crippen molar-refractivity contribution in [2.75, 3.05) is 13.4 Å². The van der Waals surface area contributed by atoms with Gasteiger partial charge in [0, 0.05) is 12.1 Å². The van der Waals surface area contributed by atoms with Gasteiger partial charge in [0.25, 0.3) is 11.7 Å². The van der Waals surface area contributed by atoms with Gasteiger partial charge in [0.2, 0.25) is 6.79 Å². The summed E-state index contributed by atoms with van der Waals surface area (Å²) >= 11 is 6.34. The summed E-state index contributed by atoms with van der Waals surface area (Å²) in [4.78, 5) is 27.6. The predicted molar refractivity (Wildman–Crippen MR) is 122 cm³/mol. The molecule has 8 nitrogen and oxygen atoms in total. The number of hydrogen-bond donors (Lipinski definition) is 1. The molecule has 5 rings (SSSR count). The van der Waals surface area contributed by atoms with E-state index in [-0.39, 0.29) is 29.5 Å². The highest BCUT2D eigenvalue weighted by atomic mass is 35.5. The maximum absolute atomic E-state index is 13.2. The first-order valence-electron chi connectivity index (χ1n) is 10.6. The number of ketones is 1. The van der Waals surface area contributed by atoms with Crippen LogP contribution in [0.3, 0.4) is 0 Å². The van der Waals surface area contributed by atoms with Crippen LogP contribution in [0.4, 0.5) is 0 Å². The molecule has 0 bridgehead atoms. The van der Waals surface area contributed by atoms with E-state index in [1.807, 2.05) is 6.92 Å². The first kappa shape index (κ1) is 21.9. The number of aliphatic hydroxyl groups excluding tert-OH is 1. The maximum atomic E-state index is 13.2. The van der Waals surface area contributed by atoms with Crippen LogP contribution in [0.5, 0.6) is 17.2 Å². The fourth-order valence-electron chi connectivity index (χ4n) is 4.11. The second kappa shape index (κ2) is 8.79. The van der Waals surface area contributed by atoms with Crippen molar-refractivity contribution in [1.82, 2.24) is 4.90 Å². The Bertz CT molecular complexity index is 1300. The van der Waals surface area contributed by atoms with Crippen LogP contribution in [0.25, 0.3) is 5.76 Å². The largest absolute Gasteiger partial charge is 0.507 e. The molecule has 1 amide bonds. The second-order valence-corrected chi connectivity index (χ2v) is 8.11. The first-order valence-corrected chi connectivity index (χ1v) is 11.0. The molecule has 2 aliphatic rings. The molecule has 0 saturated carbocycles. The van der Waals surface area contributed by atoms with Crippen LogP contribution >= 0.6 is 11.6 Å². The number of likely N-dealkylation sites (tertiary alicyclic amines) is 1. The van der Waals surface area contributed by atoms with Gasteiger partial charge in [0.05, 0.1) is 23.5 Å². The molecule has 1 atom stereocenters. The zero-order chi connectivity index (χ0) is 23.8. The van der Waals surface area contributed by atoms with Crippen LogP contribution in [0.1, 0.15) is 29.9 Å². The predicted octanol–water partition coefficient (Wildman–Crippen LogP) is 4.68. The summed E-state index contributed by atoms with van der Waals surface area (Å²) in [5, 5.41) is 11.4. The highest BCUT2D eigenvalue weighted by molar-refractivity contribution is 6.46. The molecule has 0 spiro atoms. The number of halogens is 1. The van der Waals surface area contributed by atoms with Gasteiger partial charge in [-0.15, -0.1) is 0 Å². The average Bonchev–Trinajstić information content (AvgIpc) is 3.57. The van der Waals surface area contributed by atoms with E-state index in [2.05, 4.69) is 0 Å². The number of furan rings is 1. The molecular formula is C25H20ClNO7. The van der Waals surface area contributed by atoms with Gasteiger partial charge in [-0.05, 0) is 55.0 Å². The lowest BCUT2D eigenvalue weighted by Gasteiger charge is -2.23. The van der Waals surface area contributed by atoms with Gasteiger partial charge in [-0.3, -0.25) is 9.59 Å². The van der Waals surface area contributed by atoms with Gasteiger partial charge in [-0.1, -0.05) is 17.7 Å². The summed E-state index contributed by atoms with van der Waals surface area (Å²) in [5.74, 6) is -0.0359. The molecular weight excluding hydrogens is 462 g/mol. The molecule has 3 aromatic rings. The smallest absolute Gasteiger partial charge is 0.296 e. The van der Waals surface area contributed by atoms with E-state index in [0.29, 0.717) is 29.6 Å². The molecule has 0 aliphatic carbocycles. The number of hydrogen-bond acceptors (Lipinski definition) is 7. The molecule has 2 aromatic carbocycles. The number of Topliss-reactive ketones (excluding diaryl/α,β-unsaturated/α-hetero) is 1. The topological polar surface area (TPSA) is 98.4 Å². The summed E-state index contributed by atoms with van der Waals surface area (Å²) in [6.07, 6.45) is 1.44. The minimum absolute atomic E-state index is 0.0794. The zero-order valence-electron chi connectivity index (χ0n) is 18.1. The van der Waals surface area contributed by atoms with Crippen LogP contribution in [-0.2, 0) is 16.1 Å². The molecule has 0 radical (unpaired) electrons. The third kappa shape index (κ3) is 3.76. The van der Waals surface area contributed by atoms with E-state index in [0.717, 1.165) is 5.56 Å². The number of ether oxygens (including phenoxy) is 3. The number of carbonyl (C=O) groups excluding carboxylic acids is 2. The highest BCUT2D eigenvalue weighted by Gasteiger charge is 2.47. The van der Waals surface area contributed by atoms with Crippen LogP contribution < -0.4 is 14.2 Å². The Morgan fingerprint density at radius 1 is 1.15 bits per heavy atom. The highest BCUT2D eigenvalue weighted by Crippen LogP contribution is 2.42. The number of aliphatic hydroxyl groups is 1. The number of nitrogens with zero attached hydrogens (tertiary/aromatic N) is 1. The average molecular weight is 482 g/mol. The van der Waals surface area contributed by atoms with E-state index in [1.54, 1.807) is 42.5 Å². The molecule has 1 fully saturated rings. The summed E-state index contributed by atoms with van der Waals surface area (Å²) in [6, 6.07) is 12.4. The van der Waals surface area contributed by atoms with Crippen LogP contribution in [0.15, 0.2) is 64.8 Å². The quantitative estimate of drug-likeness (QED) is 0.310. The van der Waals surface area contributed by atoms with Crippen molar-refractivity contribution in [2.24, 2.45) is 0 Å². The monoisotopic (exact) mass is 481 g/mol. The minimum Gasteiger partial charge on any atom is -0.507 e. The Morgan fingerprint density at radius 3 is 2.74 bits per heavy atom. The Kier molecular flexibility index (Phi) is 5.67. The van der Waals surface area contributed by atoms with E-state index in [1.165, 1.54) is 17.2 Å². The van der Waals surface area contributed by atoms with Gasteiger partial charge < -0.3 is 28.6 Å². The molecule has 1 unspecified atom stereocenters. The van der Waals surface area contributed by atoms with Crippen molar-refractivity contribution in [3.8, 4) is 17.2 Å². The minimum atomic E-state index is -0.952. The number of fused-ring (bicyclic) bond motifs is 1. The van der Waals surface area contributed by atoms with Gasteiger partial charge in [-0.25, -0.2) is 0 Å². The number of benzene rings is 2. The number of rotatable bonds is 6. The lowest BCUT2D eigenvalue weighted by Crippen LogP contribution is -2.29. The Labute approximate surface area is 199 Å². The van der Waals surface area contributed by atoms with Gasteiger partial charge in [0.1, 0.15) is 23.3 Å². The molecule has 9 heteroatoms. The molecule has 2 aliphatic heterocycles. The molecule has 1 saturated heterocycles. The molecule has 3 heterocycles. The van der Waals surface area contributed by atoms with Gasteiger partial charge in [-0.2, -0.15) is 0 Å². The van der Waals surface area contributed by atoms with Crippen molar-refractivity contribution in [3.05, 3.63) is 82.3 Å². The Balaban J connectivity index is 1.59. The summed E-state index contributed by atoms with van der Waals surface area (Å²) in [5.41, 5.74) is 0.792. The van der Waals surface area contributed by atoms with E-state index >= 15 is 0 Å². The fourth-order valence-corrected chi connectivity index (χ4v) is 4.32. The van der Waals surface area contributed by atoms with Gasteiger partial charge in [0.15, 0.2) is 11.5 Å². The lowest BCUT2D eigenvalue weighted by molar-refractivity contribution is -0.140. The van der Waals surface area contributed by atoms with Crippen molar-refractivity contribution in [2.45, 2.75) is 19.5 Å². The summed E-state index contributed by atoms with van der Waals surface area (Å²) in [6.45, 7) is 2.44. The normalized spacial score (nSPS) is 18.5. The maximum Gasteiger partial charge on any atom is 0.296 e. The van der Waals surface area contributed by atoms with Crippen molar-refractivity contribution in [1.29, 1.82) is 0 Å². The van der Waals surface area contributed by atoms with E-state index < -0.39 is 23.5 Å². The zero-order valence-corrected chi connectivity index (χ0v) is 18.9.